The molecule has 0 nitrogen and oxygen atoms in total. The smallest absolute Gasteiger partial charge is 0.131 e. The van der Waals surface area contributed by atoms with Gasteiger partial charge in [-0.15, -0.1) is 0 Å². The van der Waals surface area contributed by atoms with Gasteiger partial charge in [0.15, 0.2) is 0 Å². The largest absolute Gasteiger partial charge is 0.206 e. The zero-order chi connectivity index (χ0) is 18.4. The summed E-state index contributed by atoms with van der Waals surface area (Å²) >= 11 is 0. The maximum Gasteiger partial charge on any atom is 0.131 e. The summed E-state index contributed by atoms with van der Waals surface area (Å²) in [4.78, 5) is 0. The van der Waals surface area contributed by atoms with Gasteiger partial charge < -0.3 is 0 Å². The molecule has 1 saturated carbocycles. The normalized spacial score (nSPS) is 20.3. The zero-order valence-electron chi connectivity index (χ0n) is 16.4. The molecule has 0 radical (unpaired) electrons. The topological polar surface area (TPSA) is 0 Å². The predicted molar refractivity (Wildman–Crippen MR) is 110 cm³/mol. The average molecular weight is 353 g/mol. The molecule has 26 heavy (non-hydrogen) atoms. The molecule has 0 heterocycles. The first-order valence-corrected chi connectivity index (χ1v) is 10.6. The molecule has 0 aromatic heterocycles. The lowest BCUT2D eigenvalue weighted by atomic mass is 9.77. The Labute approximate surface area is 158 Å². The van der Waals surface area contributed by atoms with Crippen molar-refractivity contribution in [3.8, 4) is 11.1 Å². The van der Waals surface area contributed by atoms with Crippen molar-refractivity contribution in [3.63, 3.8) is 0 Å². The number of hydrogen-bond donors (Lipinski definition) is 0. The van der Waals surface area contributed by atoms with Crippen molar-refractivity contribution >= 4 is 0 Å². The molecule has 140 valence electrons. The van der Waals surface area contributed by atoms with E-state index in [1.807, 2.05) is 6.07 Å². The van der Waals surface area contributed by atoms with Crippen LogP contribution in [0.5, 0.6) is 0 Å². The second kappa shape index (κ2) is 9.35. The maximum absolute atomic E-state index is 14.8. The van der Waals surface area contributed by atoms with Crippen LogP contribution < -0.4 is 0 Å². The van der Waals surface area contributed by atoms with E-state index in [1.54, 1.807) is 6.07 Å². The molecular formula is C25H33F. The highest BCUT2D eigenvalue weighted by Crippen LogP contribution is 2.38. The van der Waals surface area contributed by atoms with Crippen molar-refractivity contribution in [1.82, 2.24) is 0 Å². The maximum atomic E-state index is 14.8. The Kier molecular flexibility index (Phi) is 6.88. The van der Waals surface area contributed by atoms with Gasteiger partial charge in [0.05, 0.1) is 0 Å². The summed E-state index contributed by atoms with van der Waals surface area (Å²) in [6.45, 7) is 4.51. The van der Waals surface area contributed by atoms with Crippen molar-refractivity contribution in [2.24, 2.45) is 5.92 Å². The van der Waals surface area contributed by atoms with Crippen LogP contribution in [0.3, 0.4) is 0 Å². The van der Waals surface area contributed by atoms with E-state index in [4.69, 9.17) is 0 Å². The van der Waals surface area contributed by atoms with Crippen LogP contribution in [0, 0.1) is 11.7 Å². The quantitative estimate of drug-likeness (QED) is 0.444. The van der Waals surface area contributed by atoms with Crippen molar-refractivity contribution in [1.29, 1.82) is 0 Å². The van der Waals surface area contributed by atoms with E-state index in [0.717, 1.165) is 23.5 Å². The van der Waals surface area contributed by atoms with Crippen LogP contribution in [-0.2, 0) is 6.42 Å². The molecule has 0 saturated heterocycles. The fourth-order valence-electron chi connectivity index (χ4n) is 4.35. The summed E-state index contributed by atoms with van der Waals surface area (Å²) in [6.07, 6.45) is 11.2. The number of rotatable bonds is 7. The minimum atomic E-state index is -0.0705. The van der Waals surface area contributed by atoms with Gasteiger partial charge in [-0.1, -0.05) is 69.5 Å². The van der Waals surface area contributed by atoms with E-state index in [2.05, 4.69) is 44.2 Å². The minimum Gasteiger partial charge on any atom is -0.206 e. The average Bonchev–Trinajstić information content (AvgIpc) is 2.69. The van der Waals surface area contributed by atoms with Crippen LogP contribution in [0.4, 0.5) is 4.39 Å². The molecule has 0 atom stereocenters. The lowest BCUT2D eigenvalue weighted by molar-refractivity contribution is 0.318. The van der Waals surface area contributed by atoms with Crippen LogP contribution in [0.25, 0.3) is 11.1 Å². The van der Waals surface area contributed by atoms with Crippen LogP contribution in [0.2, 0.25) is 0 Å². The van der Waals surface area contributed by atoms with E-state index in [0.29, 0.717) is 5.92 Å². The van der Waals surface area contributed by atoms with Crippen LogP contribution in [0.15, 0.2) is 42.5 Å². The SMILES string of the molecule is CCCCCc1ccc(-c2ccc(C3CCC(CC)CC3)cc2F)cc1. The molecule has 2 aromatic carbocycles. The van der Waals surface area contributed by atoms with Gasteiger partial charge in [0.1, 0.15) is 5.82 Å². The van der Waals surface area contributed by atoms with Crippen LogP contribution in [-0.4, -0.2) is 0 Å². The van der Waals surface area contributed by atoms with Gasteiger partial charge in [-0.25, -0.2) is 4.39 Å². The minimum absolute atomic E-state index is 0.0705. The lowest BCUT2D eigenvalue weighted by Crippen LogP contribution is -2.12. The third kappa shape index (κ3) is 4.75. The van der Waals surface area contributed by atoms with Crippen LogP contribution >= 0.6 is 0 Å². The molecular weight excluding hydrogens is 319 g/mol. The van der Waals surface area contributed by atoms with E-state index in [-0.39, 0.29) is 5.82 Å². The number of benzene rings is 2. The molecule has 3 rings (SSSR count). The van der Waals surface area contributed by atoms with Gasteiger partial charge in [-0.2, -0.15) is 0 Å². The van der Waals surface area contributed by atoms with Gasteiger partial charge in [0, 0.05) is 5.56 Å². The van der Waals surface area contributed by atoms with Crippen LogP contribution in [0.1, 0.15) is 82.3 Å². The summed E-state index contributed by atoms with van der Waals surface area (Å²) in [6, 6.07) is 14.4. The summed E-state index contributed by atoms with van der Waals surface area (Å²) < 4.78 is 14.8. The second-order valence-corrected chi connectivity index (χ2v) is 8.02. The molecule has 0 unspecified atom stereocenters. The Morgan fingerprint density at radius 1 is 0.885 bits per heavy atom. The zero-order valence-corrected chi connectivity index (χ0v) is 16.4. The first-order chi connectivity index (χ1) is 12.7. The molecule has 1 heteroatoms. The predicted octanol–water partition coefficient (Wildman–Crippen LogP) is 7.91. The Bertz CT molecular complexity index is 678. The van der Waals surface area contributed by atoms with Crippen molar-refractivity contribution < 1.29 is 4.39 Å². The third-order valence-electron chi connectivity index (χ3n) is 6.22. The molecule has 0 N–H and O–H groups in total. The molecule has 2 aromatic rings. The Hall–Kier alpha value is -1.63. The van der Waals surface area contributed by atoms with Crippen molar-refractivity contribution in [2.75, 3.05) is 0 Å². The Morgan fingerprint density at radius 2 is 1.62 bits per heavy atom. The van der Waals surface area contributed by atoms with E-state index in [1.165, 1.54) is 62.5 Å². The van der Waals surface area contributed by atoms with Gasteiger partial charge in [0.2, 0.25) is 0 Å². The fourth-order valence-corrected chi connectivity index (χ4v) is 4.35. The highest BCUT2D eigenvalue weighted by atomic mass is 19.1. The first kappa shape index (κ1) is 19.1. The van der Waals surface area contributed by atoms with Crippen molar-refractivity contribution in [3.05, 3.63) is 59.4 Å². The summed E-state index contributed by atoms with van der Waals surface area (Å²) in [7, 11) is 0. The van der Waals surface area contributed by atoms with Crippen molar-refractivity contribution in [2.45, 2.75) is 77.6 Å². The first-order valence-electron chi connectivity index (χ1n) is 10.6. The van der Waals surface area contributed by atoms with E-state index >= 15 is 0 Å². The summed E-state index contributed by atoms with van der Waals surface area (Å²) in [5.41, 5.74) is 4.27. The molecule has 0 amide bonds. The van der Waals surface area contributed by atoms with E-state index in [9.17, 15) is 4.39 Å². The summed E-state index contributed by atoms with van der Waals surface area (Å²) in [5, 5.41) is 0. The third-order valence-corrected chi connectivity index (χ3v) is 6.22. The Balaban J connectivity index is 1.67. The fraction of sp³-hybridized carbons (Fsp3) is 0.520. The monoisotopic (exact) mass is 352 g/mol. The van der Waals surface area contributed by atoms with Gasteiger partial charge in [-0.3, -0.25) is 0 Å². The number of hydrogen-bond acceptors (Lipinski definition) is 0. The standard InChI is InChI=1S/C25H33F/c1-3-5-6-7-20-10-14-22(15-11-20)24-17-16-23(18-25(24)26)21-12-8-19(4-2)9-13-21/h10-11,14-19,21H,3-9,12-13H2,1-2H3. The summed E-state index contributed by atoms with van der Waals surface area (Å²) in [5.74, 6) is 1.35. The molecule has 0 aliphatic heterocycles. The van der Waals surface area contributed by atoms with Gasteiger partial charge in [-0.05, 0) is 73.1 Å². The highest BCUT2D eigenvalue weighted by Gasteiger charge is 2.22. The highest BCUT2D eigenvalue weighted by molar-refractivity contribution is 5.65. The molecule has 1 fully saturated rings. The molecule has 0 bridgehead atoms. The van der Waals surface area contributed by atoms with E-state index < -0.39 is 0 Å². The Morgan fingerprint density at radius 3 is 2.23 bits per heavy atom. The second-order valence-electron chi connectivity index (χ2n) is 8.02. The lowest BCUT2D eigenvalue weighted by Gasteiger charge is -2.28. The van der Waals surface area contributed by atoms with Gasteiger partial charge in [0.25, 0.3) is 0 Å². The molecule has 1 aliphatic rings. The molecule has 1 aliphatic carbocycles. The van der Waals surface area contributed by atoms with Gasteiger partial charge >= 0.3 is 0 Å². The number of aryl methyl sites for hydroxylation is 1. The number of unbranched alkanes of at least 4 members (excludes halogenated alkanes) is 2. The number of halogens is 1. The molecule has 0 spiro atoms.